The lowest BCUT2D eigenvalue weighted by molar-refractivity contribution is -0.126. The Morgan fingerprint density at radius 2 is 2.19 bits per heavy atom. The molecule has 4 N–H and O–H groups in total. The molecule has 1 aromatic heterocycles. The molecule has 2 amide bonds. The lowest BCUT2D eigenvalue weighted by Crippen LogP contribution is -2.49. The Balaban J connectivity index is 1.58. The van der Waals surface area contributed by atoms with Crippen molar-refractivity contribution in [2.75, 3.05) is 5.32 Å². The van der Waals surface area contributed by atoms with Gasteiger partial charge < -0.3 is 16.4 Å². The monoisotopic (exact) mass is 374 g/mol. The van der Waals surface area contributed by atoms with Gasteiger partial charge in [-0.05, 0) is 48.2 Å². The highest BCUT2D eigenvalue weighted by atomic mass is 19.1. The van der Waals surface area contributed by atoms with Crippen molar-refractivity contribution in [2.24, 2.45) is 5.73 Å². The number of rotatable bonds is 5. The number of aryl methyl sites for hydroxylation is 1. The maximum absolute atomic E-state index is 13.9. The summed E-state index contributed by atoms with van der Waals surface area (Å²) in [6.45, 7) is 1.47. The number of pyridine rings is 1. The lowest BCUT2D eigenvalue weighted by atomic mass is 10.00. The Bertz CT molecular complexity index is 888. The maximum atomic E-state index is 13.9. The van der Waals surface area contributed by atoms with E-state index < -0.39 is 29.6 Å². The highest BCUT2D eigenvalue weighted by Gasteiger charge is 2.28. The van der Waals surface area contributed by atoms with Gasteiger partial charge in [0, 0.05) is 25.1 Å². The number of nitrogens with two attached hydrogens (primary N) is 1. The van der Waals surface area contributed by atoms with E-state index in [2.05, 4.69) is 15.6 Å². The molecule has 8 heteroatoms. The molecule has 0 saturated heterocycles. The minimum atomic E-state index is -0.727. The predicted octanol–water partition coefficient (Wildman–Crippen LogP) is 1.61. The first-order valence-corrected chi connectivity index (χ1v) is 8.57. The molecular formula is C19H20F2N4O2. The smallest absolute Gasteiger partial charge is 0.248 e. The molecule has 1 aliphatic rings. The van der Waals surface area contributed by atoms with Crippen LogP contribution in [0.3, 0.4) is 0 Å². The summed E-state index contributed by atoms with van der Waals surface area (Å²) in [4.78, 5) is 28.4. The summed E-state index contributed by atoms with van der Waals surface area (Å²) >= 11 is 0. The summed E-state index contributed by atoms with van der Waals surface area (Å²) in [7, 11) is 0. The third kappa shape index (κ3) is 4.46. The third-order valence-electron chi connectivity index (χ3n) is 4.47. The van der Waals surface area contributed by atoms with Crippen molar-refractivity contribution in [3.63, 3.8) is 0 Å². The van der Waals surface area contributed by atoms with E-state index >= 15 is 0 Å². The number of benzene rings is 1. The molecular weight excluding hydrogens is 354 g/mol. The topological polar surface area (TPSA) is 97.1 Å². The number of anilines is 1. The van der Waals surface area contributed by atoms with E-state index in [1.807, 2.05) is 6.07 Å². The first kappa shape index (κ1) is 18.9. The Labute approximate surface area is 155 Å². The maximum Gasteiger partial charge on any atom is 0.248 e. The molecule has 0 bridgehead atoms. The summed E-state index contributed by atoms with van der Waals surface area (Å²) in [5, 5.41) is 5.27. The zero-order chi connectivity index (χ0) is 19.6. The fourth-order valence-electron chi connectivity index (χ4n) is 3.04. The lowest BCUT2D eigenvalue weighted by Gasteiger charge is -2.25. The quantitative estimate of drug-likeness (QED) is 0.741. The number of hydrogen-bond acceptors (Lipinski definition) is 4. The average molecular weight is 374 g/mol. The third-order valence-corrected chi connectivity index (χ3v) is 4.47. The summed E-state index contributed by atoms with van der Waals surface area (Å²) < 4.78 is 27.5. The Morgan fingerprint density at radius 1 is 1.41 bits per heavy atom. The van der Waals surface area contributed by atoms with Crippen LogP contribution in [0.5, 0.6) is 0 Å². The SMILES string of the molecule is Cc1cc(F)c(C[C@@H](N)CC(=O)N[C@H]2Cc3cccnc3NC2=O)cc1F. The molecule has 6 nitrogen and oxygen atoms in total. The summed E-state index contributed by atoms with van der Waals surface area (Å²) in [6, 6.07) is 4.34. The standard InChI is InChI=1S/C19H20F2N4O2/c1-10-5-15(21)12(7-14(10)20)6-13(22)9-17(26)24-16-8-11-3-2-4-23-18(11)25-19(16)27/h2-5,7,13,16H,6,8-9,22H2,1H3,(H,24,26)(H,23,25,27)/t13-,16+/m1/s1. The molecule has 0 aliphatic carbocycles. The zero-order valence-electron chi connectivity index (χ0n) is 14.8. The predicted molar refractivity (Wildman–Crippen MR) is 95.9 cm³/mol. The van der Waals surface area contributed by atoms with Crippen LogP contribution in [0.4, 0.5) is 14.6 Å². The van der Waals surface area contributed by atoms with Crippen LogP contribution in [0.25, 0.3) is 0 Å². The fraction of sp³-hybridized carbons (Fsp3) is 0.316. The van der Waals surface area contributed by atoms with Gasteiger partial charge in [0.25, 0.3) is 0 Å². The van der Waals surface area contributed by atoms with Gasteiger partial charge in [-0.3, -0.25) is 9.59 Å². The largest absolute Gasteiger partial charge is 0.344 e. The molecule has 2 heterocycles. The van der Waals surface area contributed by atoms with E-state index in [1.54, 1.807) is 12.3 Å². The first-order chi connectivity index (χ1) is 12.8. The number of fused-ring (bicyclic) bond motifs is 1. The molecule has 0 spiro atoms. The fourth-order valence-corrected chi connectivity index (χ4v) is 3.04. The van der Waals surface area contributed by atoms with Crippen molar-refractivity contribution in [1.82, 2.24) is 10.3 Å². The number of hydrogen-bond donors (Lipinski definition) is 3. The number of aromatic nitrogens is 1. The van der Waals surface area contributed by atoms with Crippen molar-refractivity contribution < 1.29 is 18.4 Å². The normalized spacial score (nSPS) is 17.0. The van der Waals surface area contributed by atoms with Gasteiger partial charge in [-0.1, -0.05) is 6.07 Å². The first-order valence-electron chi connectivity index (χ1n) is 8.57. The van der Waals surface area contributed by atoms with E-state index in [4.69, 9.17) is 5.73 Å². The number of carbonyl (C=O) groups is 2. The second-order valence-corrected chi connectivity index (χ2v) is 6.69. The van der Waals surface area contributed by atoms with Crippen LogP contribution >= 0.6 is 0 Å². The van der Waals surface area contributed by atoms with Gasteiger partial charge in [-0.15, -0.1) is 0 Å². The molecule has 27 heavy (non-hydrogen) atoms. The Kier molecular flexibility index (Phi) is 5.46. The van der Waals surface area contributed by atoms with Gasteiger partial charge in [0.05, 0.1) is 0 Å². The van der Waals surface area contributed by atoms with E-state index in [9.17, 15) is 18.4 Å². The van der Waals surface area contributed by atoms with Crippen LogP contribution in [0.1, 0.15) is 23.1 Å². The molecule has 0 unspecified atom stereocenters. The highest BCUT2D eigenvalue weighted by molar-refractivity contribution is 5.99. The molecule has 142 valence electrons. The van der Waals surface area contributed by atoms with Crippen LogP contribution in [-0.2, 0) is 22.4 Å². The number of carbonyl (C=O) groups excluding carboxylic acids is 2. The van der Waals surface area contributed by atoms with Crippen molar-refractivity contribution >= 4 is 17.6 Å². The van der Waals surface area contributed by atoms with Gasteiger partial charge in [0.1, 0.15) is 23.5 Å². The molecule has 0 radical (unpaired) electrons. The number of halogens is 2. The van der Waals surface area contributed by atoms with Crippen molar-refractivity contribution in [3.05, 3.63) is 58.8 Å². The summed E-state index contributed by atoms with van der Waals surface area (Å²) in [5.41, 5.74) is 7.07. The second-order valence-electron chi connectivity index (χ2n) is 6.69. The van der Waals surface area contributed by atoms with E-state index in [0.29, 0.717) is 12.2 Å². The Morgan fingerprint density at radius 3 is 2.96 bits per heavy atom. The van der Waals surface area contributed by atoms with Crippen molar-refractivity contribution in [2.45, 2.75) is 38.3 Å². The van der Waals surface area contributed by atoms with Crippen LogP contribution < -0.4 is 16.4 Å². The van der Waals surface area contributed by atoms with Crippen molar-refractivity contribution in [3.8, 4) is 0 Å². The van der Waals surface area contributed by atoms with E-state index in [1.165, 1.54) is 6.92 Å². The van der Waals surface area contributed by atoms with Crippen molar-refractivity contribution in [1.29, 1.82) is 0 Å². The minimum absolute atomic E-state index is 0.0140. The van der Waals surface area contributed by atoms with Crippen LogP contribution in [-0.4, -0.2) is 28.9 Å². The van der Waals surface area contributed by atoms with E-state index in [-0.39, 0.29) is 29.9 Å². The van der Waals surface area contributed by atoms with E-state index in [0.717, 1.165) is 17.7 Å². The van der Waals surface area contributed by atoms with Gasteiger partial charge in [0.15, 0.2) is 0 Å². The molecule has 0 fully saturated rings. The summed E-state index contributed by atoms with van der Waals surface area (Å²) in [6.07, 6.45) is 1.80. The second kappa shape index (κ2) is 7.79. The summed E-state index contributed by atoms with van der Waals surface area (Å²) in [5.74, 6) is -1.37. The molecule has 3 rings (SSSR count). The van der Waals surface area contributed by atoms with Crippen LogP contribution in [0, 0.1) is 18.6 Å². The number of amides is 2. The number of nitrogens with zero attached hydrogens (tertiary/aromatic N) is 1. The Hall–Kier alpha value is -2.87. The highest BCUT2D eigenvalue weighted by Crippen LogP contribution is 2.20. The average Bonchev–Trinajstić information content (AvgIpc) is 2.60. The van der Waals surface area contributed by atoms with Gasteiger partial charge >= 0.3 is 0 Å². The molecule has 1 aliphatic heterocycles. The van der Waals surface area contributed by atoms with Gasteiger partial charge in [0.2, 0.25) is 11.8 Å². The van der Waals surface area contributed by atoms with Gasteiger partial charge in [-0.25, -0.2) is 13.8 Å². The molecule has 0 saturated carbocycles. The molecule has 1 aromatic carbocycles. The zero-order valence-corrected chi connectivity index (χ0v) is 14.8. The number of nitrogens with one attached hydrogen (secondary N) is 2. The molecule has 2 aromatic rings. The van der Waals surface area contributed by atoms with Crippen LogP contribution in [0.2, 0.25) is 0 Å². The van der Waals surface area contributed by atoms with Gasteiger partial charge in [-0.2, -0.15) is 0 Å². The minimum Gasteiger partial charge on any atom is -0.344 e. The molecule has 2 atom stereocenters. The van der Waals surface area contributed by atoms with Crippen LogP contribution in [0.15, 0.2) is 30.5 Å².